The van der Waals surface area contributed by atoms with E-state index in [0.29, 0.717) is 26.3 Å². The van der Waals surface area contributed by atoms with E-state index in [1.807, 2.05) is 13.8 Å². The number of thiophene rings is 1. The van der Waals surface area contributed by atoms with Gasteiger partial charge in [0.1, 0.15) is 10.7 Å². The average Bonchev–Trinajstić information content (AvgIpc) is 3.40. The number of esters is 1. The fourth-order valence-electron chi connectivity index (χ4n) is 3.61. The number of aromatic amines is 1. The predicted molar refractivity (Wildman–Crippen MR) is 128 cm³/mol. The van der Waals surface area contributed by atoms with Gasteiger partial charge in [-0.1, -0.05) is 36.2 Å². The molecule has 0 saturated carbocycles. The summed E-state index contributed by atoms with van der Waals surface area (Å²) in [6, 6.07) is 6.79. The van der Waals surface area contributed by atoms with Gasteiger partial charge in [0.25, 0.3) is 5.91 Å². The molecule has 1 atom stereocenters. The molecule has 0 fully saturated rings. The zero-order valence-electron chi connectivity index (χ0n) is 17.8. The number of benzene rings is 1. The van der Waals surface area contributed by atoms with Gasteiger partial charge in [-0.3, -0.25) is 9.89 Å². The highest BCUT2D eigenvalue weighted by Gasteiger charge is 2.28. The van der Waals surface area contributed by atoms with Crippen LogP contribution >= 0.6 is 34.5 Å². The number of nitrogens with one attached hydrogen (secondary N) is 2. The predicted octanol–water partition coefficient (Wildman–Crippen LogP) is 6.53. The molecule has 6 nitrogen and oxygen atoms in total. The van der Waals surface area contributed by atoms with Gasteiger partial charge in [-0.05, 0) is 62.8 Å². The maximum absolute atomic E-state index is 13.0. The average molecular weight is 492 g/mol. The number of aryl methyl sites for hydroxylation is 1. The van der Waals surface area contributed by atoms with Crippen molar-refractivity contribution in [3.05, 3.63) is 56.0 Å². The van der Waals surface area contributed by atoms with Crippen molar-refractivity contribution in [2.45, 2.75) is 52.1 Å². The molecule has 1 amide bonds. The summed E-state index contributed by atoms with van der Waals surface area (Å²) < 4.78 is 5.59. The minimum atomic E-state index is -0.379. The van der Waals surface area contributed by atoms with Crippen LogP contribution in [0.4, 0.5) is 5.00 Å². The van der Waals surface area contributed by atoms with Crippen LogP contribution in [0.25, 0.3) is 11.3 Å². The molecule has 2 N–H and O–H groups in total. The van der Waals surface area contributed by atoms with Crippen molar-refractivity contribution < 1.29 is 14.3 Å². The molecule has 9 heteroatoms. The standard InChI is InChI=1S/C23H23Cl2N3O3S/c1-3-12(2)31-23(30)20-14-6-4-5-7-19(14)32-22(20)26-21(29)18-11-17(27-28-18)13-8-9-15(24)16(25)10-13/h8-12H,3-7H2,1-2H3,(H,26,29)(H,27,28). The number of hydrogen-bond donors (Lipinski definition) is 2. The molecule has 2 heterocycles. The highest BCUT2D eigenvalue weighted by Crippen LogP contribution is 2.39. The summed E-state index contributed by atoms with van der Waals surface area (Å²) in [5.41, 5.74) is 3.07. The Morgan fingerprint density at radius 2 is 2.00 bits per heavy atom. The zero-order valence-corrected chi connectivity index (χ0v) is 20.1. The lowest BCUT2D eigenvalue weighted by molar-refractivity contribution is 0.0335. The fraction of sp³-hybridized carbons (Fsp3) is 0.348. The Morgan fingerprint density at radius 1 is 1.22 bits per heavy atom. The number of H-pyrrole nitrogens is 1. The van der Waals surface area contributed by atoms with Crippen LogP contribution in [0.2, 0.25) is 10.0 Å². The molecule has 3 aromatic rings. The van der Waals surface area contributed by atoms with Crippen molar-refractivity contribution in [2.24, 2.45) is 0 Å². The van der Waals surface area contributed by atoms with Crippen LogP contribution in [-0.2, 0) is 17.6 Å². The first-order valence-corrected chi connectivity index (χ1v) is 12.1. The van der Waals surface area contributed by atoms with Crippen LogP contribution in [0.15, 0.2) is 24.3 Å². The summed E-state index contributed by atoms with van der Waals surface area (Å²) in [5.74, 6) is -0.754. The van der Waals surface area contributed by atoms with Gasteiger partial charge in [-0.2, -0.15) is 5.10 Å². The van der Waals surface area contributed by atoms with E-state index in [9.17, 15) is 9.59 Å². The number of amides is 1. The van der Waals surface area contributed by atoms with Crippen LogP contribution in [0, 0.1) is 0 Å². The van der Waals surface area contributed by atoms with Crippen molar-refractivity contribution in [3.8, 4) is 11.3 Å². The maximum atomic E-state index is 13.0. The summed E-state index contributed by atoms with van der Waals surface area (Å²) in [5, 5.41) is 11.3. The van der Waals surface area contributed by atoms with Gasteiger partial charge in [0.2, 0.25) is 0 Å². The van der Waals surface area contributed by atoms with Gasteiger partial charge >= 0.3 is 5.97 Å². The maximum Gasteiger partial charge on any atom is 0.341 e. The Morgan fingerprint density at radius 3 is 2.75 bits per heavy atom. The van der Waals surface area contributed by atoms with Crippen molar-refractivity contribution in [1.29, 1.82) is 0 Å². The van der Waals surface area contributed by atoms with E-state index in [4.69, 9.17) is 27.9 Å². The second-order valence-corrected chi connectivity index (χ2v) is 9.71. The molecular formula is C23H23Cl2N3O3S. The van der Waals surface area contributed by atoms with Crippen LogP contribution in [-0.4, -0.2) is 28.2 Å². The number of anilines is 1. The molecular weight excluding hydrogens is 469 g/mol. The van der Waals surface area contributed by atoms with E-state index in [0.717, 1.165) is 48.1 Å². The second kappa shape index (κ2) is 9.65. The number of nitrogens with zero attached hydrogens (tertiary/aromatic N) is 1. The highest BCUT2D eigenvalue weighted by molar-refractivity contribution is 7.17. The topological polar surface area (TPSA) is 84.1 Å². The third kappa shape index (κ3) is 4.70. The number of carbonyl (C=O) groups is 2. The Labute approximate surface area is 200 Å². The first kappa shape index (κ1) is 22.8. The fourth-order valence-corrected chi connectivity index (χ4v) is 5.18. The molecule has 4 rings (SSSR count). The van der Waals surface area contributed by atoms with Gasteiger partial charge in [0.15, 0.2) is 0 Å². The number of hydrogen-bond acceptors (Lipinski definition) is 5. The summed E-state index contributed by atoms with van der Waals surface area (Å²) >= 11 is 13.5. The lowest BCUT2D eigenvalue weighted by Crippen LogP contribution is -2.19. The van der Waals surface area contributed by atoms with E-state index in [2.05, 4.69) is 15.5 Å². The number of ether oxygens (including phenoxy) is 1. The summed E-state index contributed by atoms with van der Waals surface area (Å²) in [6.07, 6.45) is 4.36. The Balaban J connectivity index is 1.59. The minimum Gasteiger partial charge on any atom is -0.459 e. The third-order valence-electron chi connectivity index (χ3n) is 5.52. The molecule has 32 heavy (non-hydrogen) atoms. The summed E-state index contributed by atoms with van der Waals surface area (Å²) in [6.45, 7) is 3.83. The first-order chi connectivity index (χ1) is 15.4. The smallest absolute Gasteiger partial charge is 0.341 e. The molecule has 1 aliphatic carbocycles. The molecule has 0 aliphatic heterocycles. The number of fused-ring (bicyclic) bond motifs is 1. The van der Waals surface area contributed by atoms with Gasteiger partial charge in [0, 0.05) is 10.4 Å². The number of rotatable bonds is 6. The van der Waals surface area contributed by atoms with E-state index in [1.165, 1.54) is 11.3 Å². The molecule has 2 aromatic heterocycles. The second-order valence-electron chi connectivity index (χ2n) is 7.79. The molecule has 1 aromatic carbocycles. The van der Waals surface area contributed by atoms with E-state index < -0.39 is 0 Å². The quantitative estimate of drug-likeness (QED) is 0.383. The molecule has 0 spiro atoms. The summed E-state index contributed by atoms with van der Waals surface area (Å²) in [7, 11) is 0. The number of halogens is 2. The summed E-state index contributed by atoms with van der Waals surface area (Å²) in [4.78, 5) is 27.0. The minimum absolute atomic E-state index is 0.188. The lowest BCUT2D eigenvalue weighted by atomic mass is 9.95. The number of aromatic nitrogens is 2. The largest absolute Gasteiger partial charge is 0.459 e. The van der Waals surface area contributed by atoms with E-state index in [-0.39, 0.29) is 23.7 Å². The van der Waals surface area contributed by atoms with Crippen molar-refractivity contribution in [1.82, 2.24) is 10.2 Å². The molecule has 1 unspecified atom stereocenters. The van der Waals surface area contributed by atoms with Crippen molar-refractivity contribution in [2.75, 3.05) is 5.32 Å². The molecule has 0 bridgehead atoms. The SMILES string of the molecule is CCC(C)OC(=O)c1c(NC(=O)c2cc(-c3ccc(Cl)c(Cl)c3)n[nH]2)sc2c1CCCC2. The van der Waals surface area contributed by atoms with Crippen molar-refractivity contribution >= 4 is 51.4 Å². The molecule has 0 saturated heterocycles. The highest BCUT2D eigenvalue weighted by atomic mass is 35.5. The third-order valence-corrected chi connectivity index (χ3v) is 7.47. The zero-order chi connectivity index (χ0) is 22.8. The molecule has 0 radical (unpaired) electrons. The van der Waals surface area contributed by atoms with Gasteiger partial charge in [0.05, 0.1) is 27.4 Å². The Kier molecular flexibility index (Phi) is 6.88. The Hall–Kier alpha value is -2.35. The van der Waals surface area contributed by atoms with Crippen LogP contribution in [0.3, 0.4) is 0 Å². The molecule has 1 aliphatic rings. The normalized spacial score (nSPS) is 14.0. The monoisotopic (exact) mass is 491 g/mol. The van der Waals surface area contributed by atoms with Crippen molar-refractivity contribution in [3.63, 3.8) is 0 Å². The van der Waals surface area contributed by atoms with E-state index in [1.54, 1.807) is 24.3 Å². The Bertz CT molecular complexity index is 1170. The first-order valence-electron chi connectivity index (χ1n) is 10.5. The lowest BCUT2D eigenvalue weighted by Gasteiger charge is -2.15. The molecule has 168 valence electrons. The van der Waals surface area contributed by atoms with Gasteiger partial charge in [-0.25, -0.2) is 4.79 Å². The van der Waals surface area contributed by atoms with E-state index >= 15 is 0 Å². The van der Waals surface area contributed by atoms with Crippen LogP contribution < -0.4 is 5.32 Å². The van der Waals surface area contributed by atoms with Crippen LogP contribution in [0.1, 0.15) is 64.4 Å². The van der Waals surface area contributed by atoms with Gasteiger partial charge < -0.3 is 10.1 Å². The van der Waals surface area contributed by atoms with Crippen LogP contribution in [0.5, 0.6) is 0 Å². The van der Waals surface area contributed by atoms with Gasteiger partial charge in [-0.15, -0.1) is 11.3 Å². The number of carbonyl (C=O) groups excluding carboxylic acids is 2.